The molecule has 0 saturated carbocycles. The second kappa shape index (κ2) is 7.50. The number of methoxy groups -OCH3 is 1. The normalized spacial score (nSPS) is 9.89. The lowest BCUT2D eigenvalue weighted by molar-refractivity contribution is -0.129. The van der Waals surface area contributed by atoms with E-state index in [2.05, 4.69) is 11.9 Å². The highest BCUT2D eigenvalue weighted by Crippen LogP contribution is 2.12. The Morgan fingerprint density at radius 3 is 2.67 bits per heavy atom. The molecule has 0 radical (unpaired) electrons. The van der Waals surface area contributed by atoms with E-state index in [4.69, 9.17) is 4.74 Å². The van der Waals surface area contributed by atoms with Crippen LogP contribution >= 0.6 is 0 Å². The van der Waals surface area contributed by atoms with Crippen molar-refractivity contribution in [3.63, 3.8) is 0 Å². The van der Waals surface area contributed by atoms with Gasteiger partial charge in [-0.2, -0.15) is 0 Å². The molecule has 1 N–H and O–H groups in total. The molecule has 98 valence electrons. The SMILES string of the molecule is C=CCNCC(=O)N(C)Cc1ccc(OC)cc1. The van der Waals surface area contributed by atoms with Crippen molar-refractivity contribution < 1.29 is 9.53 Å². The summed E-state index contributed by atoms with van der Waals surface area (Å²) in [5.74, 6) is 0.882. The zero-order valence-electron chi connectivity index (χ0n) is 11.0. The van der Waals surface area contributed by atoms with Gasteiger partial charge in [0.05, 0.1) is 13.7 Å². The molecule has 1 aromatic rings. The standard InChI is InChI=1S/C14H20N2O2/c1-4-9-15-10-14(17)16(2)11-12-5-7-13(18-3)8-6-12/h4-8,15H,1,9-11H2,2-3H3. The van der Waals surface area contributed by atoms with Gasteiger partial charge in [-0.1, -0.05) is 18.2 Å². The lowest BCUT2D eigenvalue weighted by Gasteiger charge is -2.17. The molecule has 0 fully saturated rings. The first kappa shape index (κ1) is 14.3. The van der Waals surface area contributed by atoms with Gasteiger partial charge in [-0.15, -0.1) is 6.58 Å². The van der Waals surface area contributed by atoms with Crippen molar-refractivity contribution in [3.05, 3.63) is 42.5 Å². The van der Waals surface area contributed by atoms with E-state index in [1.165, 1.54) is 0 Å². The maximum absolute atomic E-state index is 11.7. The van der Waals surface area contributed by atoms with Crippen molar-refractivity contribution in [2.24, 2.45) is 0 Å². The first-order valence-corrected chi connectivity index (χ1v) is 5.86. The van der Waals surface area contributed by atoms with Crippen LogP contribution < -0.4 is 10.1 Å². The van der Waals surface area contributed by atoms with E-state index in [0.29, 0.717) is 19.6 Å². The third-order valence-corrected chi connectivity index (χ3v) is 2.57. The average Bonchev–Trinajstić information content (AvgIpc) is 2.39. The summed E-state index contributed by atoms with van der Waals surface area (Å²) in [6.07, 6.45) is 1.73. The first-order chi connectivity index (χ1) is 8.67. The minimum atomic E-state index is 0.0627. The Balaban J connectivity index is 2.44. The number of hydrogen-bond donors (Lipinski definition) is 1. The van der Waals surface area contributed by atoms with Gasteiger partial charge in [0.15, 0.2) is 0 Å². The number of carbonyl (C=O) groups excluding carboxylic acids is 1. The molecule has 0 aromatic heterocycles. The summed E-state index contributed by atoms with van der Waals surface area (Å²) in [7, 11) is 3.43. The molecule has 0 atom stereocenters. The van der Waals surface area contributed by atoms with Gasteiger partial charge in [-0.25, -0.2) is 0 Å². The van der Waals surface area contributed by atoms with Crippen LogP contribution in [0.4, 0.5) is 0 Å². The van der Waals surface area contributed by atoms with Gasteiger partial charge in [0.25, 0.3) is 0 Å². The molecule has 0 unspecified atom stereocenters. The van der Waals surface area contributed by atoms with E-state index < -0.39 is 0 Å². The third kappa shape index (κ3) is 4.59. The van der Waals surface area contributed by atoms with E-state index in [1.54, 1.807) is 25.1 Å². The smallest absolute Gasteiger partial charge is 0.236 e. The highest BCUT2D eigenvalue weighted by atomic mass is 16.5. The van der Waals surface area contributed by atoms with Crippen LogP contribution in [0.15, 0.2) is 36.9 Å². The summed E-state index contributed by atoms with van der Waals surface area (Å²) < 4.78 is 5.09. The van der Waals surface area contributed by atoms with Crippen molar-refractivity contribution in [2.75, 3.05) is 27.2 Å². The highest BCUT2D eigenvalue weighted by molar-refractivity contribution is 5.77. The molecule has 4 heteroatoms. The summed E-state index contributed by atoms with van der Waals surface area (Å²) in [5, 5.41) is 2.99. The molecule has 0 bridgehead atoms. The van der Waals surface area contributed by atoms with E-state index in [-0.39, 0.29) is 5.91 Å². The van der Waals surface area contributed by atoms with Crippen LogP contribution in [0.5, 0.6) is 5.75 Å². The Kier molecular flexibility index (Phi) is 5.94. The van der Waals surface area contributed by atoms with Crippen LogP contribution in [0.2, 0.25) is 0 Å². The predicted octanol–water partition coefficient (Wildman–Crippen LogP) is 1.43. The van der Waals surface area contributed by atoms with E-state index >= 15 is 0 Å². The Morgan fingerprint density at radius 2 is 2.11 bits per heavy atom. The molecule has 18 heavy (non-hydrogen) atoms. The molecule has 0 aliphatic carbocycles. The van der Waals surface area contributed by atoms with Crippen LogP contribution in [-0.4, -0.2) is 38.1 Å². The number of benzene rings is 1. The van der Waals surface area contributed by atoms with Gasteiger partial charge < -0.3 is 15.0 Å². The lowest BCUT2D eigenvalue weighted by atomic mass is 10.2. The monoisotopic (exact) mass is 248 g/mol. The molecule has 0 aliphatic heterocycles. The fraction of sp³-hybridized carbons (Fsp3) is 0.357. The molecule has 1 aromatic carbocycles. The molecule has 4 nitrogen and oxygen atoms in total. The number of hydrogen-bond acceptors (Lipinski definition) is 3. The van der Waals surface area contributed by atoms with Crippen molar-refractivity contribution in [3.8, 4) is 5.75 Å². The van der Waals surface area contributed by atoms with E-state index in [0.717, 1.165) is 11.3 Å². The molecule has 0 heterocycles. The maximum Gasteiger partial charge on any atom is 0.236 e. The average molecular weight is 248 g/mol. The number of likely N-dealkylation sites (N-methyl/N-ethyl adjacent to an activating group) is 1. The summed E-state index contributed by atoms with van der Waals surface area (Å²) in [6.45, 7) is 5.16. The highest BCUT2D eigenvalue weighted by Gasteiger charge is 2.08. The van der Waals surface area contributed by atoms with Crippen LogP contribution in [-0.2, 0) is 11.3 Å². The van der Waals surface area contributed by atoms with E-state index in [1.807, 2.05) is 24.3 Å². The fourth-order valence-electron chi connectivity index (χ4n) is 1.51. The summed E-state index contributed by atoms with van der Waals surface area (Å²) >= 11 is 0. The van der Waals surface area contributed by atoms with Crippen molar-refractivity contribution >= 4 is 5.91 Å². The maximum atomic E-state index is 11.7. The zero-order valence-corrected chi connectivity index (χ0v) is 11.0. The second-order valence-corrected chi connectivity index (χ2v) is 4.02. The number of rotatable bonds is 7. The molecule has 1 rings (SSSR count). The fourth-order valence-corrected chi connectivity index (χ4v) is 1.51. The summed E-state index contributed by atoms with van der Waals surface area (Å²) in [4.78, 5) is 13.4. The second-order valence-electron chi connectivity index (χ2n) is 4.02. The van der Waals surface area contributed by atoms with Gasteiger partial charge in [-0.3, -0.25) is 4.79 Å². The first-order valence-electron chi connectivity index (χ1n) is 5.86. The van der Waals surface area contributed by atoms with Crippen molar-refractivity contribution in [1.82, 2.24) is 10.2 Å². The van der Waals surface area contributed by atoms with E-state index in [9.17, 15) is 4.79 Å². The molecule has 0 spiro atoms. The molecule has 0 saturated heterocycles. The van der Waals surface area contributed by atoms with Crippen molar-refractivity contribution in [2.45, 2.75) is 6.54 Å². The lowest BCUT2D eigenvalue weighted by Crippen LogP contribution is -2.35. The Hall–Kier alpha value is -1.81. The Morgan fingerprint density at radius 1 is 1.44 bits per heavy atom. The van der Waals surface area contributed by atoms with Gasteiger partial charge in [0.2, 0.25) is 5.91 Å². The molecule has 0 aliphatic rings. The zero-order chi connectivity index (χ0) is 13.4. The number of carbonyl (C=O) groups is 1. The van der Waals surface area contributed by atoms with Crippen LogP contribution in [0.25, 0.3) is 0 Å². The Labute approximate surface area is 108 Å². The number of nitrogens with zero attached hydrogens (tertiary/aromatic N) is 1. The molecule has 1 amide bonds. The minimum Gasteiger partial charge on any atom is -0.497 e. The predicted molar refractivity (Wildman–Crippen MR) is 72.5 cm³/mol. The summed E-state index contributed by atoms with van der Waals surface area (Å²) in [5.41, 5.74) is 1.08. The number of ether oxygens (including phenoxy) is 1. The molecular formula is C14H20N2O2. The van der Waals surface area contributed by atoms with Gasteiger partial charge in [0, 0.05) is 20.1 Å². The third-order valence-electron chi connectivity index (χ3n) is 2.57. The largest absolute Gasteiger partial charge is 0.497 e. The van der Waals surface area contributed by atoms with Crippen LogP contribution in [0.3, 0.4) is 0 Å². The topological polar surface area (TPSA) is 41.6 Å². The minimum absolute atomic E-state index is 0.0627. The van der Waals surface area contributed by atoms with Crippen LogP contribution in [0, 0.1) is 0 Å². The Bertz CT molecular complexity index is 387. The van der Waals surface area contributed by atoms with Crippen molar-refractivity contribution in [1.29, 1.82) is 0 Å². The quantitative estimate of drug-likeness (QED) is 0.586. The van der Waals surface area contributed by atoms with Crippen LogP contribution in [0.1, 0.15) is 5.56 Å². The van der Waals surface area contributed by atoms with Gasteiger partial charge in [0.1, 0.15) is 5.75 Å². The van der Waals surface area contributed by atoms with Gasteiger partial charge in [-0.05, 0) is 17.7 Å². The number of amides is 1. The molecular weight excluding hydrogens is 228 g/mol. The number of nitrogens with one attached hydrogen (secondary N) is 1. The van der Waals surface area contributed by atoms with Gasteiger partial charge >= 0.3 is 0 Å². The summed E-state index contributed by atoms with van der Waals surface area (Å²) in [6, 6.07) is 7.70.